The van der Waals surface area contributed by atoms with E-state index in [1.54, 1.807) is 0 Å². The second-order valence-electron chi connectivity index (χ2n) is 5.13. The number of nitrogens with two attached hydrogens (primary N) is 1. The van der Waals surface area contributed by atoms with E-state index in [0.717, 1.165) is 30.7 Å². The monoisotopic (exact) mass is 262 g/mol. The molecule has 1 aromatic rings. The molecule has 1 aliphatic rings. The fourth-order valence-electron chi connectivity index (χ4n) is 2.00. The van der Waals surface area contributed by atoms with Crippen molar-refractivity contribution in [3.63, 3.8) is 0 Å². The van der Waals surface area contributed by atoms with Crippen LogP contribution in [0, 0.1) is 5.92 Å². The van der Waals surface area contributed by atoms with Crippen molar-refractivity contribution in [1.82, 2.24) is 0 Å². The van der Waals surface area contributed by atoms with Gasteiger partial charge in [0.1, 0.15) is 5.75 Å². The van der Waals surface area contributed by atoms with E-state index in [1.165, 1.54) is 0 Å². The van der Waals surface area contributed by atoms with Crippen LogP contribution in [0.15, 0.2) is 24.3 Å². The Morgan fingerprint density at radius 3 is 3.00 bits per heavy atom. The third-order valence-electron chi connectivity index (χ3n) is 3.24. The summed E-state index contributed by atoms with van der Waals surface area (Å²) < 4.78 is 5.53. The summed E-state index contributed by atoms with van der Waals surface area (Å²) in [4.78, 5) is 11.8. The van der Waals surface area contributed by atoms with Crippen LogP contribution in [-0.2, 0) is 4.79 Å². The Morgan fingerprint density at radius 1 is 1.53 bits per heavy atom. The minimum atomic E-state index is -0.0213. The number of carbonyl (C=O) groups is 1. The van der Waals surface area contributed by atoms with Gasteiger partial charge in [0, 0.05) is 24.2 Å². The van der Waals surface area contributed by atoms with Gasteiger partial charge < -0.3 is 15.8 Å². The van der Waals surface area contributed by atoms with Crippen LogP contribution in [0.2, 0.25) is 0 Å². The molecule has 0 aliphatic heterocycles. The summed E-state index contributed by atoms with van der Waals surface area (Å²) in [7, 11) is 0. The summed E-state index contributed by atoms with van der Waals surface area (Å²) in [6.45, 7) is 2.74. The quantitative estimate of drug-likeness (QED) is 0.793. The van der Waals surface area contributed by atoms with Crippen LogP contribution < -0.4 is 15.8 Å². The first kappa shape index (κ1) is 13.9. The van der Waals surface area contributed by atoms with Gasteiger partial charge in [-0.2, -0.15) is 0 Å². The van der Waals surface area contributed by atoms with Crippen LogP contribution in [0.1, 0.15) is 32.6 Å². The second-order valence-corrected chi connectivity index (χ2v) is 5.13. The first-order valence-electron chi connectivity index (χ1n) is 6.97. The summed E-state index contributed by atoms with van der Waals surface area (Å²) in [5.41, 5.74) is 6.71. The first-order valence-corrected chi connectivity index (χ1v) is 6.97. The molecule has 104 valence electrons. The van der Waals surface area contributed by atoms with Crippen molar-refractivity contribution in [2.75, 3.05) is 11.9 Å². The first-order chi connectivity index (χ1) is 9.19. The maximum atomic E-state index is 11.8. The van der Waals surface area contributed by atoms with Gasteiger partial charge in [-0.3, -0.25) is 4.79 Å². The topological polar surface area (TPSA) is 64.3 Å². The molecule has 1 amide bonds. The lowest BCUT2D eigenvalue weighted by molar-refractivity contribution is -0.116. The van der Waals surface area contributed by atoms with Crippen LogP contribution >= 0.6 is 0 Å². The van der Waals surface area contributed by atoms with Gasteiger partial charge in [0.2, 0.25) is 5.91 Å². The zero-order chi connectivity index (χ0) is 13.7. The largest absolute Gasteiger partial charge is 0.494 e. The lowest BCUT2D eigenvalue weighted by atomic mass is 10.1. The van der Waals surface area contributed by atoms with Gasteiger partial charge in [-0.15, -0.1) is 0 Å². The van der Waals surface area contributed by atoms with E-state index >= 15 is 0 Å². The molecule has 0 aromatic heterocycles. The average Bonchev–Trinajstić information content (AvgIpc) is 3.20. The minimum absolute atomic E-state index is 0.000441. The molecule has 1 saturated carbocycles. The molecule has 4 heteroatoms. The van der Waals surface area contributed by atoms with E-state index < -0.39 is 0 Å². The molecule has 0 heterocycles. The molecule has 1 aliphatic carbocycles. The summed E-state index contributed by atoms with van der Waals surface area (Å²) in [5.74, 6) is 1.31. The molecule has 1 fully saturated rings. The molecular formula is C15H22N2O2. The zero-order valence-corrected chi connectivity index (χ0v) is 11.4. The number of ether oxygens (including phenoxy) is 1. The van der Waals surface area contributed by atoms with E-state index in [4.69, 9.17) is 10.5 Å². The third kappa shape index (κ3) is 4.56. The fraction of sp³-hybridized carbons (Fsp3) is 0.533. The number of amides is 1. The molecule has 1 atom stereocenters. The van der Waals surface area contributed by atoms with Crippen molar-refractivity contribution in [2.24, 2.45) is 11.7 Å². The van der Waals surface area contributed by atoms with E-state index in [1.807, 2.05) is 24.3 Å². The Kier molecular flexibility index (Phi) is 4.80. The van der Waals surface area contributed by atoms with Crippen molar-refractivity contribution >= 4 is 11.6 Å². The van der Waals surface area contributed by atoms with E-state index in [9.17, 15) is 4.79 Å². The molecule has 1 unspecified atom stereocenters. The number of hydrogen-bond acceptors (Lipinski definition) is 3. The Balaban J connectivity index is 1.85. The van der Waals surface area contributed by atoms with E-state index in [0.29, 0.717) is 18.9 Å². The molecule has 0 bridgehead atoms. The fourth-order valence-corrected chi connectivity index (χ4v) is 2.00. The normalized spacial score (nSPS) is 15.9. The molecule has 1 aromatic carbocycles. The van der Waals surface area contributed by atoms with Crippen molar-refractivity contribution in [1.29, 1.82) is 0 Å². The highest BCUT2D eigenvalue weighted by Crippen LogP contribution is 2.32. The molecule has 2 rings (SSSR count). The number of carbonyl (C=O) groups excluding carboxylic acids is 1. The lowest BCUT2D eigenvalue weighted by Crippen LogP contribution is -2.28. The number of rotatable bonds is 7. The highest BCUT2D eigenvalue weighted by molar-refractivity contribution is 5.91. The van der Waals surface area contributed by atoms with Gasteiger partial charge in [0.15, 0.2) is 0 Å². The highest BCUT2D eigenvalue weighted by Gasteiger charge is 2.29. The van der Waals surface area contributed by atoms with Gasteiger partial charge in [-0.05, 0) is 37.3 Å². The molecule has 4 nitrogen and oxygen atoms in total. The zero-order valence-electron chi connectivity index (χ0n) is 11.4. The van der Waals surface area contributed by atoms with Crippen LogP contribution in [-0.4, -0.2) is 18.6 Å². The van der Waals surface area contributed by atoms with Gasteiger partial charge in [0.25, 0.3) is 0 Å². The second kappa shape index (κ2) is 6.57. The van der Waals surface area contributed by atoms with Crippen LogP contribution in [0.5, 0.6) is 5.75 Å². The van der Waals surface area contributed by atoms with Gasteiger partial charge in [-0.1, -0.05) is 13.0 Å². The SMILES string of the molecule is CCCOc1cccc(NC(=O)CC(N)C2CC2)c1. The maximum absolute atomic E-state index is 11.8. The molecule has 0 spiro atoms. The van der Waals surface area contributed by atoms with Gasteiger partial charge in [0.05, 0.1) is 6.61 Å². The predicted molar refractivity (Wildman–Crippen MR) is 76.2 cm³/mol. The number of benzene rings is 1. The van der Waals surface area contributed by atoms with Gasteiger partial charge in [-0.25, -0.2) is 0 Å². The summed E-state index contributed by atoms with van der Waals surface area (Å²) in [6, 6.07) is 7.47. The number of anilines is 1. The average molecular weight is 262 g/mol. The van der Waals surface area contributed by atoms with Crippen LogP contribution in [0.3, 0.4) is 0 Å². The number of nitrogens with one attached hydrogen (secondary N) is 1. The standard InChI is InChI=1S/C15H22N2O2/c1-2-8-19-13-5-3-4-12(9-13)17-15(18)10-14(16)11-6-7-11/h3-5,9,11,14H,2,6-8,10,16H2,1H3,(H,17,18). The smallest absolute Gasteiger partial charge is 0.225 e. The van der Waals surface area contributed by atoms with Crippen molar-refractivity contribution in [3.8, 4) is 5.75 Å². The van der Waals surface area contributed by atoms with Crippen molar-refractivity contribution in [3.05, 3.63) is 24.3 Å². The van der Waals surface area contributed by atoms with Crippen LogP contribution in [0.25, 0.3) is 0 Å². The van der Waals surface area contributed by atoms with Crippen molar-refractivity contribution in [2.45, 2.75) is 38.6 Å². The van der Waals surface area contributed by atoms with Crippen molar-refractivity contribution < 1.29 is 9.53 Å². The molecule has 0 radical (unpaired) electrons. The maximum Gasteiger partial charge on any atom is 0.225 e. The molecule has 0 saturated heterocycles. The molecule has 3 N–H and O–H groups in total. The van der Waals surface area contributed by atoms with Crippen LogP contribution in [0.4, 0.5) is 5.69 Å². The minimum Gasteiger partial charge on any atom is -0.494 e. The highest BCUT2D eigenvalue weighted by atomic mass is 16.5. The molecular weight excluding hydrogens is 240 g/mol. The summed E-state index contributed by atoms with van der Waals surface area (Å²) >= 11 is 0. The Morgan fingerprint density at radius 2 is 2.32 bits per heavy atom. The Bertz CT molecular complexity index is 430. The predicted octanol–water partition coefficient (Wildman–Crippen LogP) is 2.54. The third-order valence-corrected chi connectivity index (χ3v) is 3.24. The van der Waals surface area contributed by atoms with Gasteiger partial charge >= 0.3 is 0 Å². The van der Waals surface area contributed by atoms with E-state index in [-0.39, 0.29) is 11.9 Å². The Hall–Kier alpha value is -1.55. The Labute approximate surface area is 114 Å². The number of hydrogen-bond donors (Lipinski definition) is 2. The lowest BCUT2D eigenvalue weighted by Gasteiger charge is -2.11. The molecule has 19 heavy (non-hydrogen) atoms. The van der Waals surface area contributed by atoms with E-state index in [2.05, 4.69) is 12.2 Å². The summed E-state index contributed by atoms with van der Waals surface area (Å²) in [6.07, 6.45) is 3.68. The summed E-state index contributed by atoms with van der Waals surface area (Å²) in [5, 5.41) is 2.87.